The van der Waals surface area contributed by atoms with Crippen molar-refractivity contribution in [2.75, 3.05) is 6.54 Å². The number of carbonyl (C=O) groups is 3. The standard InChI is InChI=1S/C18H26ClN3O3/c1-11(2)16(18(25)20-10-9-15(23)21-12(3)4)22-17(24)13-5-7-14(19)8-6-13/h5-8,11-12,16H,9-10H2,1-4H3,(H,20,25)(H,21,23)(H,22,24). The number of carbonyl (C=O) groups excluding carboxylic acids is 3. The van der Waals surface area contributed by atoms with Crippen molar-refractivity contribution in [1.82, 2.24) is 16.0 Å². The van der Waals surface area contributed by atoms with Crippen LogP contribution < -0.4 is 16.0 Å². The zero-order valence-electron chi connectivity index (χ0n) is 15.1. The van der Waals surface area contributed by atoms with Gasteiger partial charge in [-0.25, -0.2) is 0 Å². The summed E-state index contributed by atoms with van der Waals surface area (Å²) >= 11 is 5.81. The molecular weight excluding hydrogens is 342 g/mol. The van der Waals surface area contributed by atoms with Crippen LogP contribution in [-0.2, 0) is 9.59 Å². The summed E-state index contributed by atoms with van der Waals surface area (Å²) in [6, 6.07) is 5.82. The molecule has 1 atom stereocenters. The monoisotopic (exact) mass is 367 g/mol. The predicted octanol–water partition coefficient (Wildman–Crippen LogP) is 2.13. The lowest BCUT2D eigenvalue weighted by molar-refractivity contribution is -0.124. The molecule has 0 radical (unpaired) electrons. The van der Waals surface area contributed by atoms with Gasteiger partial charge in [-0.1, -0.05) is 25.4 Å². The molecule has 0 fully saturated rings. The second kappa shape index (κ2) is 10.0. The topological polar surface area (TPSA) is 87.3 Å². The molecule has 0 saturated heterocycles. The van der Waals surface area contributed by atoms with Crippen LogP contribution in [0.5, 0.6) is 0 Å². The van der Waals surface area contributed by atoms with Gasteiger partial charge in [0.05, 0.1) is 0 Å². The van der Waals surface area contributed by atoms with Gasteiger partial charge in [0.1, 0.15) is 6.04 Å². The van der Waals surface area contributed by atoms with Gasteiger partial charge in [0.15, 0.2) is 0 Å². The molecule has 0 heterocycles. The summed E-state index contributed by atoms with van der Waals surface area (Å²) in [7, 11) is 0. The maximum Gasteiger partial charge on any atom is 0.251 e. The summed E-state index contributed by atoms with van der Waals surface area (Å²) in [5.41, 5.74) is 0.430. The molecule has 3 N–H and O–H groups in total. The van der Waals surface area contributed by atoms with Gasteiger partial charge in [-0.05, 0) is 44.0 Å². The Morgan fingerprint density at radius 1 is 1.00 bits per heavy atom. The molecule has 1 aromatic rings. The van der Waals surface area contributed by atoms with Crippen molar-refractivity contribution < 1.29 is 14.4 Å². The van der Waals surface area contributed by atoms with E-state index < -0.39 is 6.04 Å². The SMILES string of the molecule is CC(C)NC(=O)CCNC(=O)C(NC(=O)c1ccc(Cl)cc1)C(C)C. The molecular formula is C18H26ClN3O3. The lowest BCUT2D eigenvalue weighted by atomic mass is 10.0. The highest BCUT2D eigenvalue weighted by atomic mass is 35.5. The summed E-state index contributed by atoms with van der Waals surface area (Å²) < 4.78 is 0. The molecule has 0 aliphatic heterocycles. The average Bonchev–Trinajstić information content (AvgIpc) is 2.51. The van der Waals surface area contributed by atoms with Gasteiger partial charge >= 0.3 is 0 Å². The van der Waals surface area contributed by atoms with Gasteiger partial charge in [-0.15, -0.1) is 0 Å². The van der Waals surface area contributed by atoms with Crippen LogP contribution in [0.15, 0.2) is 24.3 Å². The fourth-order valence-electron chi connectivity index (χ4n) is 2.16. The Kier molecular flexibility index (Phi) is 8.41. The number of rotatable bonds is 8. The average molecular weight is 368 g/mol. The number of nitrogens with one attached hydrogen (secondary N) is 3. The molecule has 0 bridgehead atoms. The summed E-state index contributed by atoms with van der Waals surface area (Å²) in [5, 5.41) is 8.72. The highest BCUT2D eigenvalue weighted by molar-refractivity contribution is 6.30. The molecule has 1 unspecified atom stereocenters. The lowest BCUT2D eigenvalue weighted by Crippen LogP contribution is -2.50. The van der Waals surface area contributed by atoms with Gasteiger partial charge in [0.25, 0.3) is 5.91 Å². The molecule has 0 aliphatic rings. The van der Waals surface area contributed by atoms with E-state index in [0.717, 1.165) is 0 Å². The fraction of sp³-hybridized carbons (Fsp3) is 0.500. The van der Waals surface area contributed by atoms with Gasteiger partial charge in [0.2, 0.25) is 11.8 Å². The molecule has 0 aromatic heterocycles. The predicted molar refractivity (Wildman–Crippen MR) is 98.4 cm³/mol. The third-order valence-electron chi connectivity index (χ3n) is 3.44. The quantitative estimate of drug-likeness (QED) is 0.657. The van der Waals surface area contributed by atoms with Crippen LogP contribution >= 0.6 is 11.6 Å². The van der Waals surface area contributed by atoms with Crippen LogP contribution in [0.25, 0.3) is 0 Å². The maximum absolute atomic E-state index is 12.3. The second-order valence-electron chi connectivity index (χ2n) is 6.47. The van der Waals surface area contributed by atoms with Crippen LogP contribution in [0.3, 0.4) is 0 Å². The van der Waals surface area contributed by atoms with Crippen molar-refractivity contribution >= 4 is 29.3 Å². The van der Waals surface area contributed by atoms with Crippen LogP contribution in [-0.4, -0.2) is 36.3 Å². The first-order chi connectivity index (χ1) is 11.7. The van der Waals surface area contributed by atoms with E-state index in [4.69, 9.17) is 11.6 Å². The number of halogens is 1. The van der Waals surface area contributed by atoms with Crippen molar-refractivity contribution in [3.8, 4) is 0 Å². The summed E-state index contributed by atoms with van der Waals surface area (Å²) in [6.45, 7) is 7.66. The van der Waals surface area contributed by atoms with E-state index in [-0.39, 0.29) is 42.6 Å². The maximum atomic E-state index is 12.3. The Hall–Kier alpha value is -2.08. The zero-order chi connectivity index (χ0) is 19.0. The number of benzene rings is 1. The van der Waals surface area contributed by atoms with E-state index in [0.29, 0.717) is 10.6 Å². The van der Waals surface area contributed by atoms with Crippen molar-refractivity contribution in [2.24, 2.45) is 5.92 Å². The zero-order valence-corrected chi connectivity index (χ0v) is 15.8. The molecule has 7 heteroatoms. The first kappa shape index (κ1) is 21.0. The van der Waals surface area contributed by atoms with Crippen molar-refractivity contribution in [2.45, 2.75) is 46.2 Å². The largest absolute Gasteiger partial charge is 0.354 e. The Labute approximate surface area is 153 Å². The molecule has 0 spiro atoms. The van der Waals surface area contributed by atoms with Crippen molar-refractivity contribution in [3.05, 3.63) is 34.9 Å². The van der Waals surface area contributed by atoms with Crippen molar-refractivity contribution in [1.29, 1.82) is 0 Å². The minimum atomic E-state index is -0.684. The molecule has 138 valence electrons. The molecule has 1 aromatic carbocycles. The third-order valence-corrected chi connectivity index (χ3v) is 3.70. The minimum Gasteiger partial charge on any atom is -0.354 e. The normalized spacial score (nSPS) is 12.0. The number of amides is 3. The van der Waals surface area contributed by atoms with Crippen LogP contribution in [0.2, 0.25) is 5.02 Å². The van der Waals surface area contributed by atoms with Crippen molar-refractivity contribution in [3.63, 3.8) is 0 Å². The molecule has 25 heavy (non-hydrogen) atoms. The Balaban J connectivity index is 2.57. The molecule has 6 nitrogen and oxygen atoms in total. The van der Waals surface area contributed by atoms with Gasteiger partial charge in [-0.2, -0.15) is 0 Å². The van der Waals surface area contributed by atoms with E-state index in [1.807, 2.05) is 27.7 Å². The highest BCUT2D eigenvalue weighted by Gasteiger charge is 2.24. The Bertz CT molecular complexity index is 600. The minimum absolute atomic E-state index is 0.0604. The summed E-state index contributed by atoms with van der Waals surface area (Å²) in [4.78, 5) is 36.2. The molecule has 0 aliphatic carbocycles. The van der Waals surface area contributed by atoms with Gasteiger partial charge < -0.3 is 16.0 Å². The van der Waals surface area contributed by atoms with Crippen LogP contribution in [0, 0.1) is 5.92 Å². The van der Waals surface area contributed by atoms with E-state index in [1.54, 1.807) is 24.3 Å². The molecule has 3 amide bonds. The first-order valence-electron chi connectivity index (χ1n) is 8.34. The Morgan fingerprint density at radius 2 is 1.60 bits per heavy atom. The van der Waals surface area contributed by atoms with Crippen LogP contribution in [0.1, 0.15) is 44.5 Å². The molecule has 1 rings (SSSR count). The van der Waals surface area contributed by atoms with E-state index >= 15 is 0 Å². The third kappa shape index (κ3) is 7.56. The highest BCUT2D eigenvalue weighted by Crippen LogP contribution is 2.10. The number of hydrogen-bond donors (Lipinski definition) is 3. The molecule has 0 saturated carbocycles. The first-order valence-corrected chi connectivity index (χ1v) is 8.72. The van der Waals surface area contributed by atoms with E-state index in [1.165, 1.54) is 0 Å². The van der Waals surface area contributed by atoms with E-state index in [2.05, 4.69) is 16.0 Å². The summed E-state index contributed by atoms with van der Waals surface area (Å²) in [5.74, 6) is -0.875. The van der Waals surface area contributed by atoms with Crippen LogP contribution in [0.4, 0.5) is 0 Å². The number of hydrogen-bond acceptors (Lipinski definition) is 3. The fourth-order valence-corrected chi connectivity index (χ4v) is 2.29. The van der Waals surface area contributed by atoms with Gasteiger partial charge in [0, 0.05) is 29.6 Å². The van der Waals surface area contributed by atoms with E-state index in [9.17, 15) is 14.4 Å². The lowest BCUT2D eigenvalue weighted by Gasteiger charge is -2.22. The Morgan fingerprint density at radius 3 is 2.12 bits per heavy atom. The van der Waals surface area contributed by atoms with Gasteiger partial charge in [-0.3, -0.25) is 14.4 Å². The second-order valence-corrected chi connectivity index (χ2v) is 6.90. The smallest absolute Gasteiger partial charge is 0.251 e. The summed E-state index contributed by atoms with van der Waals surface area (Å²) in [6.07, 6.45) is 0.194.